The number of hydrogen-bond acceptors (Lipinski definition) is 4. The predicted molar refractivity (Wildman–Crippen MR) is 89.2 cm³/mol. The van der Waals surface area contributed by atoms with Crippen molar-refractivity contribution in [3.05, 3.63) is 59.7 Å². The highest BCUT2D eigenvalue weighted by molar-refractivity contribution is 7.92. The van der Waals surface area contributed by atoms with Crippen LogP contribution >= 0.6 is 0 Å². The molecular formula is C17H12F6N2O3S. The summed E-state index contributed by atoms with van der Waals surface area (Å²) in [5.74, 6) is 0. The summed E-state index contributed by atoms with van der Waals surface area (Å²) < 4.78 is 103. The number of sulfonamides is 1. The Morgan fingerprint density at radius 1 is 0.966 bits per heavy atom. The molecule has 2 aromatic rings. The van der Waals surface area contributed by atoms with Crippen LogP contribution in [0.5, 0.6) is 0 Å². The van der Waals surface area contributed by atoms with Crippen LogP contribution in [-0.4, -0.2) is 32.9 Å². The van der Waals surface area contributed by atoms with E-state index in [4.69, 9.17) is 5.26 Å². The number of halogens is 6. The van der Waals surface area contributed by atoms with Crippen LogP contribution in [0.4, 0.5) is 32.0 Å². The molecule has 0 radical (unpaired) electrons. The van der Waals surface area contributed by atoms with E-state index in [0.29, 0.717) is 28.6 Å². The summed E-state index contributed by atoms with van der Waals surface area (Å²) in [6.07, 6.45) is -12.1. The van der Waals surface area contributed by atoms with Crippen molar-refractivity contribution in [2.24, 2.45) is 0 Å². The van der Waals surface area contributed by atoms with Crippen molar-refractivity contribution in [2.45, 2.75) is 22.8 Å². The molecule has 0 aliphatic carbocycles. The molecule has 0 bridgehead atoms. The molecule has 0 aliphatic heterocycles. The van der Waals surface area contributed by atoms with Gasteiger partial charge in [-0.15, -0.1) is 0 Å². The van der Waals surface area contributed by atoms with E-state index < -0.39 is 33.5 Å². The third-order valence-electron chi connectivity index (χ3n) is 4.09. The molecule has 0 aliphatic rings. The zero-order valence-electron chi connectivity index (χ0n) is 14.5. The second kappa shape index (κ2) is 7.23. The van der Waals surface area contributed by atoms with Crippen molar-refractivity contribution in [3.8, 4) is 6.07 Å². The molecule has 0 saturated heterocycles. The standard InChI is InChI=1S/C17H12F6N2O3S/c1-25(29(27,28)14-4-2-3-11(9-14)10-24)13-7-5-12(6-8-13)15(26,16(18,19)20)17(21,22)23/h2-9,26H,1H3. The van der Waals surface area contributed by atoms with E-state index in [0.717, 1.165) is 13.1 Å². The van der Waals surface area contributed by atoms with Gasteiger partial charge in [-0.1, -0.05) is 18.2 Å². The molecule has 0 aromatic heterocycles. The van der Waals surface area contributed by atoms with Crippen LogP contribution in [0.1, 0.15) is 11.1 Å². The van der Waals surface area contributed by atoms with Crippen LogP contribution in [0.2, 0.25) is 0 Å². The molecule has 0 saturated carbocycles. The minimum Gasteiger partial charge on any atom is -0.369 e. The molecule has 2 rings (SSSR count). The zero-order chi connectivity index (χ0) is 22.3. The third kappa shape index (κ3) is 3.88. The smallest absolute Gasteiger partial charge is 0.369 e. The maximum atomic E-state index is 12.9. The minimum absolute atomic E-state index is 0.0373. The van der Waals surface area contributed by atoms with Gasteiger partial charge < -0.3 is 5.11 Å². The summed E-state index contributed by atoms with van der Waals surface area (Å²) in [5.41, 5.74) is -6.85. The first-order valence-corrected chi connectivity index (χ1v) is 9.05. The Bertz CT molecular complexity index is 1030. The summed E-state index contributed by atoms with van der Waals surface area (Å²) in [7, 11) is -3.22. The number of nitriles is 1. The van der Waals surface area contributed by atoms with Gasteiger partial charge in [0.1, 0.15) is 0 Å². The fourth-order valence-corrected chi connectivity index (χ4v) is 3.67. The molecular weight excluding hydrogens is 426 g/mol. The van der Waals surface area contributed by atoms with Gasteiger partial charge in [0.15, 0.2) is 0 Å². The first-order valence-electron chi connectivity index (χ1n) is 7.61. The van der Waals surface area contributed by atoms with E-state index in [1.165, 1.54) is 18.2 Å². The number of benzene rings is 2. The van der Waals surface area contributed by atoms with Crippen molar-refractivity contribution in [1.29, 1.82) is 5.26 Å². The summed E-state index contributed by atoms with van der Waals surface area (Å²) in [6.45, 7) is 0. The Morgan fingerprint density at radius 2 is 1.48 bits per heavy atom. The van der Waals surface area contributed by atoms with Crippen LogP contribution < -0.4 is 4.31 Å². The Balaban J connectivity index is 2.47. The normalized spacial score (nSPS) is 13.1. The van der Waals surface area contributed by atoms with Gasteiger partial charge in [-0.2, -0.15) is 31.6 Å². The Labute approximate surface area is 161 Å². The van der Waals surface area contributed by atoms with Crippen LogP contribution in [-0.2, 0) is 15.6 Å². The van der Waals surface area contributed by atoms with Crippen LogP contribution in [0.25, 0.3) is 0 Å². The number of nitrogens with zero attached hydrogens (tertiary/aromatic N) is 2. The molecule has 0 atom stereocenters. The predicted octanol–water partition coefficient (Wildman–Crippen LogP) is 3.70. The van der Waals surface area contributed by atoms with E-state index in [1.807, 2.05) is 0 Å². The highest BCUT2D eigenvalue weighted by Gasteiger charge is 2.71. The number of rotatable bonds is 4. The van der Waals surface area contributed by atoms with Gasteiger partial charge in [0.05, 0.1) is 22.2 Å². The highest BCUT2D eigenvalue weighted by atomic mass is 32.2. The first-order chi connectivity index (χ1) is 13.2. The SMILES string of the molecule is CN(c1ccc(C(O)(C(F)(F)F)C(F)(F)F)cc1)S(=O)(=O)c1cccc(C#N)c1. The Kier molecular flexibility index (Phi) is 5.62. The van der Waals surface area contributed by atoms with E-state index in [9.17, 15) is 39.9 Å². The second-order valence-corrected chi connectivity index (χ2v) is 7.83. The summed E-state index contributed by atoms with van der Waals surface area (Å²) in [5, 5.41) is 18.2. The molecule has 0 heterocycles. The molecule has 0 amide bonds. The first kappa shape index (κ1) is 22.5. The van der Waals surface area contributed by atoms with Gasteiger partial charge in [-0.05, 0) is 30.3 Å². The number of alkyl halides is 6. The largest absolute Gasteiger partial charge is 0.430 e. The number of anilines is 1. The monoisotopic (exact) mass is 438 g/mol. The number of aliphatic hydroxyl groups is 1. The lowest BCUT2D eigenvalue weighted by Crippen LogP contribution is -2.53. The number of hydrogen-bond donors (Lipinski definition) is 1. The maximum absolute atomic E-state index is 12.9. The molecule has 0 fully saturated rings. The molecule has 2 aromatic carbocycles. The van der Waals surface area contributed by atoms with Gasteiger partial charge >= 0.3 is 12.4 Å². The van der Waals surface area contributed by atoms with E-state index in [2.05, 4.69) is 0 Å². The lowest BCUT2D eigenvalue weighted by atomic mass is 9.92. The molecule has 0 spiro atoms. The summed E-state index contributed by atoms with van der Waals surface area (Å²) >= 11 is 0. The topological polar surface area (TPSA) is 81.4 Å². The van der Waals surface area contributed by atoms with Crippen molar-refractivity contribution >= 4 is 15.7 Å². The third-order valence-corrected chi connectivity index (χ3v) is 5.87. The highest BCUT2D eigenvalue weighted by Crippen LogP contribution is 2.50. The Hall–Kier alpha value is -2.78. The Morgan fingerprint density at radius 3 is 1.93 bits per heavy atom. The van der Waals surface area contributed by atoms with Crippen molar-refractivity contribution in [1.82, 2.24) is 0 Å². The zero-order valence-corrected chi connectivity index (χ0v) is 15.3. The van der Waals surface area contributed by atoms with Crippen LogP contribution in [0, 0.1) is 11.3 Å². The quantitative estimate of drug-likeness (QED) is 0.739. The fraction of sp³-hybridized carbons (Fsp3) is 0.235. The lowest BCUT2D eigenvalue weighted by Gasteiger charge is -2.33. The molecule has 29 heavy (non-hydrogen) atoms. The van der Waals surface area contributed by atoms with Gasteiger partial charge in [0.2, 0.25) is 0 Å². The minimum atomic E-state index is -6.05. The van der Waals surface area contributed by atoms with E-state index >= 15 is 0 Å². The van der Waals surface area contributed by atoms with Crippen molar-refractivity contribution < 1.29 is 39.9 Å². The molecule has 12 heteroatoms. The maximum Gasteiger partial charge on any atom is 0.430 e. The summed E-state index contributed by atoms with van der Waals surface area (Å²) in [4.78, 5) is -0.301. The van der Waals surface area contributed by atoms with Gasteiger partial charge in [0, 0.05) is 12.6 Å². The molecule has 5 nitrogen and oxygen atoms in total. The van der Waals surface area contributed by atoms with Gasteiger partial charge in [0.25, 0.3) is 15.6 Å². The van der Waals surface area contributed by atoms with Gasteiger partial charge in [-0.3, -0.25) is 4.31 Å². The van der Waals surface area contributed by atoms with E-state index in [1.54, 1.807) is 6.07 Å². The average Bonchev–Trinajstić information content (AvgIpc) is 2.65. The fourth-order valence-electron chi connectivity index (χ4n) is 2.42. The summed E-state index contributed by atoms with van der Waals surface area (Å²) in [6, 6.07) is 8.71. The van der Waals surface area contributed by atoms with Crippen LogP contribution in [0.3, 0.4) is 0 Å². The van der Waals surface area contributed by atoms with Gasteiger partial charge in [-0.25, -0.2) is 8.42 Å². The second-order valence-electron chi connectivity index (χ2n) is 5.86. The van der Waals surface area contributed by atoms with Crippen molar-refractivity contribution in [2.75, 3.05) is 11.4 Å². The van der Waals surface area contributed by atoms with Crippen molar-refractivity contribution in [3.63, 3.8) is 0 Å². The molecule has 1 N–H and O–H groups in total. The van der Waals surface area contributed by atoms with E-state index in [-0.39, 0.29) is 16.1 Å². The lowest BCUT2D eigenvalue weighted by molar-refractivity contribution is -0.376. The molecule has 0 unspecified atom stereocenters. The average molecular weight is 438 g/mol. The van der Waals surface area contributed by atoms with Crippen LogP contribution in [0.15, 0.2) is 53.4 Å². The molecule has 156 valence electrons.